The first-order chi connectivity index (χ1) is 38.0. The standard InChI is InChI=1S/C60H99N5O16/c1-17-46-60(10,74)52(70)37(5)48(67)35(3)31-58(8,75-15)54(81-55-50(69)45(63(11)12)29-36(4)62-55)38(6)51(39(7)57(73)80-46)79-41-28-34(2)53(59(9,32-41)76-16)78-26-19-24-61-47(66)23-27-77-25-18-20-40-21-22-44-42(30-40)49(68)43(56(71)72)33-65(44)64(13)14/h21-22,30,33-39,41,45-46,50-55,62,69-70,74H,17-20,23-29,31-32H2,1-16H3,(H,61,66)(H,71,72)/t34-,35-,36-,37+,38+,39-,41-,45+,46-,50-,51+,52-,53+,54-,55+,58-,59-,60-/m1/s1. The number of carbonyl (C=O) groups excluding carboxylic acids is 3. The van der Waals surface area contributed by atoms with Crippen molar-refractivity contribution in [2.24, 2.45) is 29.6 Å². The third-order valence-corrected chi connectivity index (χ3v) is 17.7. The van der Waals surface area contributed by atoms with Gasteiger partial charge in [-0.1, -0.05) is 40.7 Å². The number of aryl methyl sites for hydroxylation is 1. The van der Waals surface area contributed by atoms with Crippen LogP contribution >= 0.6 is 0 Å². The van der Waals surface area contributed by atoms with Crippen LogP contribution in [0.2, 0.25) is 0 Å². The number of aromatic carboxylic acids is 1. The Labute approximate surface area is 480 Å². The van der Waals surface area contributed by atoms with Crippen LogP contribution in [0.4, 0.5) is 0 Å². The number of carbonyl (C=O) groups is 4. The maximum Gasteiger partial charge on any atom is 0.341 e. The van der Waals surface area contributed by atoms with E-state index in [0.717, 1.165) is 5.56 Å². The molecule has 0 unspecified atom stereocenters. The second-order valence-corrected chi connectivity index (χ2v) is 24.6. The molecule has 21 heteroatoms. The number of methoxy groups -OCH3 is 2. The van der Waals surface area contributed by atoms with Crippen LogP contribution in [0.15, 0.2) is 29.2 Å². The summed E-state index contributed by atoms with van der Waals surface area (Å²) in [6, 6.07) is 5.17. The molecule has 3 aliphatic rings. The molecule has 3 heterocycles. The van der Waals surface area contributed by atoms with E-state index in [1.54, 1.807) is 71.8 Å². The molecular formula is C60H99N5O16. The first-order valence-electron chi connectivity index (χ1n) is 29.2. The number of carboxylic acids is 1. The monoisotopic (exact) mass is 1150 g/mol. The van der Waals surface area contributed by atoms with Crippen molar-refractivity contribution in [2.75, 3.05) is 73.8 Å². The quantitative estimate of drug-likeness (QED) is 0.0702. The van der Waals surface area contributed by atoms with Gasteiger partial charge in [-0.3, -0.25) is 29.2 Å². The summed E-state index contributed by atoms with van der Waals surface area (Å²) in [5.41, 5.74) is -3.41. The molecule has 460 valence electrons. The first kappa shape index (κ1) is 67.7. The number of fused-ring (bicyclic) bond motifs is 1. The Kier molecular flexibility index (Phi) is 24.3. The number of cyclic esters (lactones) is 1. The van der Waals surface area contributed by atoms with Gasteiger partial charge in [-0.15, -0.1) is 0 Å². The number of ketones is 1. The summed E-state index contributed by atoms with van der Waals surface area (Å²) in [6.45, 7) is 19.4. The molecule has 5 rings (SSSR count). The van der Waals surface area contributed by atoms with Crippen LogP contribution in [0.25, 0.3) is 10.9 Å². The van der Waals surface area contributed by atoms with Crippen molar-refractivity contribution in [3.63, 3.8) is 0 Å². The van der Waals surface area contributed by atoms with E-state index in [9.17, 15) is 44.4 Å². The van der Waals surface area contributed by atoms with Crippen LogP contribution in [0.5, 0.6) is 0 Å². The number of aliphatic hydroxyl groups excluding tert-OH is 2. The summed E-state index contributed by atoms with van der Waals surface area (Å²) < 4.78 is 47.1. The van der Waals surface area contributed by atoms with Gasteiger partial charge in [0.25, 0.3) is 0 Å². The lowest BCUT2D eigenvalue weighted by molar-refractivity contribution is -0.240. The Bertz CT molecular complexity index is 2470. The predicted molar refractivity (Wildman–Crippen MR) is 307 cm³/mol. The summed E-state index contributed by atoms with van der Waals surface area (Å²) >= 11 is 0. The number of amides is 1. The van der Waals surface area contributed by atoms with Crippen molar-refractivity contribution in [1.82, 2.24) is 20.2 Å². The maximum atomic E-state index is 14.6. The van der Waals surface area contributed by atoms with Crippen LogP contribution in [0, 0.1) is 29.6 Å². The average Bonchev–Trinajstić information content (AvgIpc) is 3.48. The van der Waals surface area contributed by atoms with Crippen molar-refractivity contribution in [3.05, 3.63) is 45.7 Å². The molecule has 3 fully saturated rings. The highest BCUT2D eigenvalue weighted by Gasteiger charge is 2.54. The van der Waals surface area contributed by atoms with E-state index in [4.69, 9.17) is 33.2 Å². The summed E-state index contributed by atoms with van der Waals surface area (Å²) in [4.78, 5) is 68.4. The Hall–Kier alpha value is -4.13. The molecule has 0 radical (unpaired) electrons. The third kappa shape index (κ3) is 16.2. The molecule has 1 amide bonds. The van der Waals surface area contributed by atoms with E-state index in [2.05, 4.69) is 17.6 Å². The fourth-order valence-corrected chi connectivity index (χ4v) is 12.9. The van der Waals surface area contributed by atoms with Crippen molar-refractivity contribution < 1.29 is 72.8 Å². The van der Waals surface area contributed by atoms with E-state index in [-0.39, 0.29) is 67.2 Å². The Morgan fingerprint density at radius 3 is 2.16 bits per heavy atom. The lowest BCUT2D eigenvalue weighted by Gasteiger charge is -2.50. The van der Waals surface area contributed by atoms with Crippen LogP contribution < -0.4 is 21.1 Å². The molecule has 1 aromatic carbocycles. The number of piperidine rings is 1. The van der Waals surface area contributed by atoms with Crippen molar-refractivity contribution >= 4 is 34.5 Å². The number of esters is 1. The zero-order chi connectivity index (χ0) is 60.5. The smallest absolute Gasteiger partial charge is 0.341 e. The Morgan fingerprint density at radius 2 is 1.54 bits per heavy atom. The van der Waals surface area contributed by atoms with Gasteiger partial charge in [-0.2, -0.15) is 0 Å². The Morgan fingerprint density at radius 1 is 0.877 bits per heavy atom. The minimum atomic E-state index is -1.98. The van der Waals surface area contributed by atoms with Gasteiger partial charge in [-0.25, -0.2) is 4.79 Å². The molecule has 1 saturated carbocycles. The highest BCUT2D eigenvalue weighted by Crippen LogP contribution is 2.43. The number of carboxylic acid groups (broad SMARTS) is 1. The molecule has 21 nitrogen and oxygen atoms in total. The highest BCUT2D eigenvalue weighted by atomic mass is 16.6. The van der Waals surface area contributed by atoms with Gasteiger partial charge in [0.2, 0.25) is 11.3 Å². The van der Waals surface area contributed by atoms with Gasteiger partial charge in [-0.05, 0) is 117 Å². The van der Waals surface area contributed by atoms with Gasteiger partial charge in [0.05, 0.1) is 59.8 Å². The van der Waals surface area contributed by atoms with Gasteiger partial charge in [0.1, 0.15) is 35.4 Å². The maximum absolute atomic E-state index is 14.6. The third-order valence-electron chi connectivity index (χ3n) is 17.7. The van der Waals surface area contributed by atoms with Crippen LogP contribution in [0.1, 0.15) is 137 Å². The molecule has 6 N–H and O–H groups in total. The molecule has 18 atom stereocenters. The number of nitrogens with one attached hydrogen (secondary N) is 2. The number of ether oxygens (including phenoxy) is 7. The number of rotatable bonds is 22. The second kappa shape index (κ2) is 29.1. The number of Topliss-reactive ketones (excluding diaryl/α,β-unsaturated/α-hetero) is 1. The summed E-state index contributed by atoms with van der Waals surface area (Å²) in [5, 5.41) is 53.5. The molecule has 0 spiro atoms. The lowest BCUT2D eigenvalue weighted by atomic mass is 9.73. The zero-order valence-corrected chi connectivity index (χ0v) is 51.2. The SMILES string of the molecule is CC[C@H]1OC(=O)[C@H](C)[C@@H](O[C@@H]2C[C@@H](C)[C@H](OCCCNC(=O)CCOCCCc3ccc4c(c3)c(=O)c(C(=O)O)cn4N(C)C)[C@](C)(OC)C2)[C@H](C)[C@@H](O[C@@H]2N[C@H](C)C[C@H](N(C)C)[C@H]2O)[C@](C)(OC)C[C@@H](C)C(=O)[C@H](C)[C@@H](O)[C@]1(C)O. The van der Waals surface area contributed by atoms with Crippen molar-refractivity contribution in [2.45, 2.75) is 205 Å². The second-order valence-electron chi connectivity index (χ2n) is 24.6. The van der Waals surface area contributed by atoms with Gasteiger partial charge in [0, 0.05) is 102 Å². The molecule has 1 aliphatic carbocycles. The fourth-order valence-electron chi connectivity index (χ4n) is 12.9. The zero-order valence-electron chi connectivity index (χ0n) is 51.2. The number of likely N-dealkylation sites (N-methyl/N-ethyl adjacent to an activating group) is 1. The topological polar surface area (TPSA) is 266 Å². The van der Waals surface area contributed by atoms with E-state index < -0.39 is 101 Å². The number of hydrogen-bond acceptors (Lipinski definition) is 18. The van der Waals surface area contributed by atoms with Crippen molar-refractivity contribution in [3.8, 4) is 0 Å². The molecule has 2 aromatic rings. The number of pyridine rings is 1. The molecule has 2 aliphatic heterocycles. The average molecular weight is 1150 g/mol. The number of hydrogen-bond donors (Lipinski definition) is 6. The first-order valence-corrected chi connectivity index (χ1v) is 29.2. The molecule has 2 saturated heterocycles. The minimum Gasteiger partial charge on any atom is -0.477 e. The number of aliphatic hydroxyl groups is 3. The molecular weight excluding hydrogens is 1050 g/mol. The summed E-state index contributed by atoms with van der Waals surface area (Å²) in [7, 11) is 10.5. The number of benzene rings is 1. The van der Waals surface area contributed by atoms with E-state index >= 15 is 0 Å². The van der Waals surface area contributed by atoms with Crippen LogP contribution in [-0.4, -0.2) is 200 Å². The summed E-state index contributed by atoms with van der Waals surface area (Å²) in [6.07, 6.45) is -2.08. The van der Waals surface area contributed by atoms with Gasteiger partial charge >= 0.3 is 11.9 Å². The normalized spacial score (nSPS) is 35.6. The Balaban J connectivity index is 1.24. The van der Waals surface area contributed by atoms with E-state index in [1.807, 2.05) is 58.8 Å². The number of nitrogens with zero attached hydrogens (tertiary/aromatic N) is 3. The fraction of sp³-hybridized carbons (Fsp3) is 0.783. The van der Waals surface area contributed by atoms with Gasteiger partial charge < -0.3 is 68.8 Å². The lowest BCUT2D eigenvalue weighted by Crippen LogP contribution is -2.64. The van der Waals surface area contributed by atoms with E-state index in [0.29, 0.717) is 69.2 Å². The number of aromatic nitrogens is 1. The van der Waals surface area contributed by atoms with Crippen LogP contribution in [0.3, 0.4) is 0 Å². The highest BCUT2D eigenvalue weighted by molar-refractivity contribution is 5.93. The molecule has 0 bridgehead atoms. The summed E-state index contributed by atoms with van der Waals surface area (Å²) in [5.74, 6) is -5.85. The largest absolute Gasteiger partial charge is 0.477 e. The predicted octanol–water partition coefficient (Wildman–Crippen LogP) is 4.46. The minimum absolute atomic E-state index is 0.0343. The molecule has 81 heavy (non-hydrogen) atoms. The van der Waals surface area contributed by atoms with E-state index in [1.165, 1.54) is 13.1 Å². The molecule has 1 aromatic heterocycles. The van der Waals surface area contributed by atoms with Crippen LogP contribution in [-0.2, 0) is 54.0 Å². The van der Waals surface area contributed by atoms with Gasteiger partial charge in [0.15, 0.2) is 0 Å². The van der Waals surface area contributed by atoms with Crippen molar-refractivity contribution in [1.29, 1.82) is 0 Å².